The lowest BCUT2D eigenvalue weighted by Gasteiger charge is -2.21. The second-order valence-electron chi connectivity index (χ2n) is 8.37. The highest BCUT2D eigenvalue weighted by Crippen LogP contribution is 2.33. The van der Waals surface area contributed by atoms with Crippen molar-refractivity contribution in [1.29, 1.82) is 0 Å². The van der Waals surface area contributed by atoms with Gasteiger partial charge >= 0.3 is 17.8 Å². The van der Waals surface area contributed by atoms with Gasteiger partial charge in [0.1, 0.15) is 11.5 Å². The van der Waals surface area contributed by atoms with E-state index in [4.69, 9.17) is 13.9 Å². The number of rotatable bonds is 7. The minimum atomic E-state index is -0.822. The van der Waals surface area contributed by atoms with Crippen molar-refractivity contribution in [1.82, 2.24) is 10.2 Å². The Morgan fingerprint density at radius 1 is 1.14 bits per heavy atom. The molecule has 10 nitrogen and oxygen atoms in total. The maximum Gasteiger partial charge on any atom is 0.340 e. The van der Waals surface area contributed by atoms with Gasteiger partial charge in [-0.25, -0.2) is 4.79 Å². The second-order valence-corrected chi connectivity index (χ2v) is 8.37. The quantitative estimate of drug-likeness (QED) is 0.344. The molecule has 2 aliphatic rings. The molecule has 1 fully saturated rings. The fraction of sp³-hybridized carbons (Fsp3) is 0.308. The number of carbonyl (C=O) groups is 4. The van der Waals surface area contributed by atoms with Crippen LogP contribution >= 0.6 is 0 Å². The van der Waals surface area contributed by atoms with Crippen LogP contribution in [0.1, 0.15) is 31.3 Å². The first-order valence-corrected chi connectivity index (χ1v) is 11.5. The van der Waals surface area contributed by atoms with Crippen LogP contribution in [0.5, 0.6) is 0 Å². The Morgan fingerprint density at radius 2 is 1.92 bits per heavy atom. The first-order valence-electron chi connectivity index (χ1n) is 11.5. The molecule has 2 aliphatic heterocycles. The molecule has 0 radical (unpaired) electrons. The smallest absolute Gasteiger partial charge is 0.340 e. The predicted molar refractivity (Wildman–Crippen MR) is 129 cm³/mol. The number of anilines is 1. The molecule has 0 unspecified atom stereocenters. The molecule has 36 heavy (non-hydrogen) atoms. The van der Waals surface area contributed by atoms with E-state index in [0.29, 0.717) is 36.1 Å². The van der Waals surface area contributed by atoms with Gasteiger partial charge in [-0.1, -0.05) is 18.2 Å². The first-order chi connectivity index (χ1) is 17.4. The Bertz CT molecular complexity index is 1220. The lowest BCUT2D eigenvalue weighted by molar-refractivity contribution is -0.136. The highest BCUT2D eigenvalue weighted by Gasteiger charge is 2.38. The van der Waals surface area contributed by atoms with E-state index >= 15 is 0 Å². The third kappa shape index (κ3) is 5.55. The molecular formula is C26H27N3O7. The van der Waals surface area contributed by atoms with Crippen LogP contribution in [0.25, 0.3) is 6.08 Å². The number of methoxy groups -OCH3 is 1. The average Bonchev–Trinajstić information content (AvgIpc) is 3.61. The van der Waals surface area contributed by atoms with E-state index in [1.165, 1.54) is 18.1 Å². The number of nitrogens with one attached hydrogen (secondary N) is 2. The SMILES string of the molecule is COC(=O)C1=C(C)N(C[C@@H]2CCCO2)C(=O)/C1=C/c1ccc(CNC(=O)C(=O)Nc2ccccc2)o1. The Kier molecular flexibility index (Phi) is 7.65. The van der Waals surface area contributed by atoms with Crippen LogP contribution in [-0.4, -0.2) is 55.0 Å². The van der Waals surface area contributed by atoms with Gasteiger partial charge in [-0.3, -0.25) is 14.4 Å². The van der Waals surface area contributed by atoms with E-state index in [9.17, 15) is 19.2 Å². The van der Waals surface area contributed by atoms with E-state index in [1.54, 1.807) is 49.4 Å². The van der Waals surface area contributed by atoms with E-state index in [1.807, 2.05) is 0 Å². The Labute approximate surface area is 207 Å². The summed E-state index contributed by atoms with van der Waals surface area (Å²) in [5.41, 5.74) is 1.33. The third-order valence-electron chi connectivity index (χ3n) is 5.94. The summed E-state index contributed by atoms with van der Waals surface area (Å²) in [6.07, 6.45) is 3.17. The van der Waals surface area contributed by atoms with E-state index < -0.39 is 17.8 Å². The average molecular weight is 494 g/mol. The lowest BCUT2D eigenvalue weighted by Crippen LogP contribution is -2.34. The van der Waals surface area contributed by atoms with Crippen LogP contribution in [0, 0.1) is 0 Å². The number of hydrogen-bond acceptors (Lipinski definition) is 7. The molecule has 1 aromatic heterocycles. The number of furan rings is 1. The first kappa shape index (κ1) is 24.9. The molecule has 0 spiro atoms. The molecule has 1 atom stereocenters. The van der Waals surface area contributed by atoms with Gasteiger partial charge in [-0.15, -0.1) is 0 Å². The number of allylic oxidation sites excluding steroid dienone is 1. The monoisotopic (exact) mass is 493 g/mol. The van der Waals surface area contributed by atoms with Crippen molar-refractivity contribution in [3.05, 3.63) is 70.8 Å². The van der Waals surface area contributed by atoms with Gasteiger partial charge in [-0.2, -0.15) is 0 Å². The molecule has 3 amide bonds. The second kappa shape index (κ2) is 11.0. The molecule has 2 N–H and O–H groups in total. The highest BCUT2D eigenvalue weighted by atomic mass is 16.5. The number of amides is 3. The zero-order valence-corrected chi connectivity index (χ0v) is 20.0. The summed E-state index contributed by atoms with van der Waals surface area (Å²) in [6.45, 7) is 2.66. The number of para-hydroxylation sites is 1. The van der Waals surface area contributed by atoms with E-state index in [-0.39, 0.29) is 29.7 Å². The fourth-order valence-electron chi connectivity index (χ4n) is 4.11. The molecule has 1 aromatic carbocycles. The number of benzene rings is 1. The summed E-state index contributed by atoms with van der Waals surface area (Å²) in [4.78, 5) is 51.4. The number of hydrogen-bond donors (Lipinski definition) is 2. The van der Waals surface area contributed by atoms with Crippen LogP contribution in [0.15, 0.2) is 63.7 Å². The summed E-state index contributed by atoms with van der Waals surface area (Å²) in [5.74, 6) is -1.91. The zero-order chi connectivity index (χ0) is 25.7. The van der Waals surface area contributed by atoms with Crippen molar-refractivity contribution in [2.24, 2.45) is 0 Å². The minimum Gasteiger partial charge on any atom is -0.465 e. The molecule has 0 saturated carbocycles. The Morgan fingerprint density at radius 3 is 2.61 bits per heavy atom. The van der Waals surface area contributed by atoms with Crippen molar-refractivity contribution in [3.63, 3.8) is 0 Å². The summed E-state index contributed by atoms with van der Waals surface area (Å²) < 4.78 is 16.3. The van der Waals surface area contributed by atoms with Crippen LogP contribution in [0.3, 0.4) is 0 Å². The summed E-state index contributed by atoms with van der Waals surface area (Å²) >= 11 is 0. The predicted octanol–water partition coefficient (Wildman–Crippen LogP) is 2.39. The van der Waals surface area contributed by atoms with Crippen molar-refractivity contribution < 1.29 is 33.1 Å². The molecule has 2 aromatic rings. The van der Waals surface area contributed by atoms with Crippen LogP contribution in [0.4, 0.5) is 5.69 Å². The van der Waals surface area contributed by atoms with Crippen LogP contribution in [-0.2, 0) is 35.2 Å². The maximum atomic E-state index is 13.2. The van der Waals surface area contributed by atoms with E-state index in [0.717, 1.165) is 12.8 Å². The van der Waals surface area contributed by atoms with Crippen molar-refractivity contribution in [3.8, 4) is 0 Å². The molecule has 188 valence electrons. The summed E-state index contributed by atoms with van der Waals surface area (Å²) in [5, 5.41) is 4.99. The van der Waals surface area contributed by atoms with E-state index in [2.05, 4.69) is 10.6 Å². The minimum absolute atomic E-state index is 0.0397. The van der Waals surface area contributed by atoms with Crippen LogP contribution < -0.4 is 10.6 Å². The highest BCUT2D eigenvalue weighted by molar-refractivity contribution is 6.39. The van der Waals surface area contributed by atoms with Crippen molar-refractivity contribution in [2.75, 3.05) is 25.6 Å². The maximum absolute atomic E-state index is 13.2. The Hall–Kier alpha value is -4.18. The van der Waals surface area contributed by atoms with Gasteiger partial charge in [0, 0.05) is 18.0 Å². The van der Waals surface area contributed by atoms with Gasteiger partial charge in [-0.05, 0) is 50.1 Å². The summed E-state index contributed by atoms with van der Waals surface area (Å²) in [6, 6.07) is 11.8. The Balaban J connectivity index is 1.43. The molecule has 4 rings (SSSR count). The van der Waals surface area contributed by atoms with Crippen molar-refractivity contribution >= 4 is 35.5 Å². The lowest BCUT2D eigenvalue weighted by atomic mass is 10.1. The summed E-state index contributed by atoms with van der Waals surface area (Å²) in [7, 11) is 1.26. The topological polar surface area (TPSA) is 127 Å². The van der Waals surface area contributed by atoms with Gasteiger partial charge in [0.2, 0.25) is 0 Å². The number of esters is 1. The molecule has 0 aliphatic carbocycles. The number of carbonyl (C=O) groups excluding carboxylic acids is 4. The zero-order valence-electron chi connectivity index (χ0n) is 20.0. The van der Waals surface area contributed by atoms with Crippen LogP contribution in [0.2, 0.25) is 0 Å². The van der Waals surface area contributed by atoms with Gasteiger partial charge in [0.15, 0.2) is 0 Å². The van der Waals surface area contributed by atoms with Gasteiger partial charge in [0.05, 0.1) is 37.4 Å². The number of nitrogens with zero attached hydrogens (tertiary/aromatic N) is 1. The van der Waals surface area contributed by atoms with Gasteiger partial charge in [0.25, 0.3) is 5.91 Å². The fourth-order valence-corrected chi connectivity index (χ4v) is 4.11. The van der Waals surface area contributed by atoms with Crippen molar-refractivity contribution in [2.45, 2.75) is 32.4 Å². The molecule has 3 heterocycles. The number of ether oxygens (including phenoxy) is 2. The molecular weight excluding hydrogens is 466 g/mol. The standard InChI is InChI=1S/C26H27N3O7/c1-16-22(26(33)34-2)21(25(32)29(16)15-20-9-6-12-35-20)13-18-10-11-19(36-18)14-27-23(30)24(31)28-17-7-4-3-5-8-17/h3-5,7-8,10-11,13,20H,6,9,12,14-15H2,1-2H3,(H,27,30)(H,28,31)/b21-13+/t20-/m0/s1. The molecule has 1 saturated heterocycles. The molecule has 10 heteroatoms. The largest absolute Gasteiger partial charge is 0.465 e. The third-order valence-corrected chi connectivity index (χ3v) is 5.94. The van der Waals surface area contributed by atoms with Gasteiger partial charge < -0.3 is 29.4 Å². The normalized spacial score (nSPS) is 18.6. The molecule has 0 bridgehead atoms.